The van der Waals surface area contributed by atoms with Crippen LogP contribution in [0.5, 0.6) is 5.75 Å². The van der Waals surface area contributed by atoms with Crippen molar-refractivity contribution in [1.82, 2.24) is 15.1 Å². The number of hydrogen-bond acceptors (Lipinski definition) is 3. The summed E-state index contributed by atoms with van der Waals surface area (Å²) < 4.78 is 7.64. The van der Waals surface area contributed by atoms with Gasteiger partial charge in [-0.25, -0.2) is 0 Å². The molecule has 1 aromatic carbocycles. The Morgan fingerprint density at radius 2 is 2.14 bits per heavy atom. The van der Waals surface area contributed by atoms with Crippen molar-refractivity contribution in [2.45, 2.75) is 39.8 Å². The van der Waals surface area contributed by atoms with E-state index in [2.05, 4.69) is 49.4 Å². The Kier molecular flexibility index (Phi) is 5.39. The van der Waals surface area contributed by atoms with E-state index in [-0.39, 0.29) is 0 Å². The van der Waals surface area contributed by atoms with Crippen molar-refractivity contribution in [2.24, 2.45) is 7.05 Å². The average molecular weight is 287 g/mol. The van der Waals surface area contributed by atoms with E-state index in [0.29, 0.717) is 12.6 Å². The van der Waals surface area contributed by atoms with Crippen molar-refractivity contribution in [2.75, 3.05) is 6.54 Å². The maximum atomic E-state index is 5.86. The van der Waals surface area contributed by atoms with Crippen LogP contribution in [0.15, 0.2) is 30.5 Å². The number of nitrogens with zero attached hydrogens (tertiary/aromatic N) is 2. The number of hydrogen-bond donors (Lipinski definition) is 1. The predicted molar refractivity (Wildman–Crippen MR) is 85.4 cm³/mol. The Labute approximate surface area is 127 Å². The van der Waals surface area contributed by atoms with Crippen LogP contribution < -0.4 is 10.1 Å². The topological polar surface area (TPSA) is 39.1 Å². The van der Waals surface area contributed by atoms with Crippen molar-refractivity contribution < 1.29 is 4.74 Å². The van der Waals surface area contributed by atoms with Gasteiger partial charge in [0.2, 0.25) is 0 Å². The highest BCUT2D eigenvalue weighted by molar-refractivity contribution is 5.37. The molecule has 1 aromatic heterocycles. The van der Waals surface area contributed by atoms with Crippen LogP contribution in [0.2, 0.25) is 0 Å². The van der Waals surface area contributed by atoms with Crippen LogP contribution in [0, 0.1) is 6.92 Å². The molecule has 4 heteroatoms. The third-order valence-corrected chi connectivity index (χ3v) is 3.54. The van der Waals surface area contributed by atoms with Gasteiger partial charge < -0.3 is 10.1 Å². The highest BCUT2D eigenvalue weighted by Gasteiger charge is 2.08. The summed E-state index contributed by atoms with van der Waals surface area (Å²) in [6.07, 6.45) is 3.07. The minimum Gasteiger partial charge on any atom is -0.487 e. The Hall–Kier alpha value is -1.81. The van der Waals surface area contributed by atoms with E-state index in [4.69, 9.17) is 4.74 Å². The average Bonchev–Trinajstić information content (AvgIpc) is 2.89. The second kappa shape index (κ2) is 7.27. The molecule has 0 aliphatic carbocycles. The van der Waals surface area contributed by atoms with Gasteiger partial charge in [-0.3, -0.25) is 4.68 Å². The van der Waals surface area contributed by atoms with E-state index in [1.165, 1.54) is 5.56 Å². The summed E-state index contributed by atoms with van der Waals surface area (Å²) in [6, 6.07) is 8.72. The zero-order chi connectivity index (χ0) is 15.2. The Morgan fingerprint density at radius 1 is 1.33 bits per heavy atom. The minimum absolute atomic E-state index is 0.369. The molecule has 0 aliphatic heterocycles. The number of benzene rings is 1. The number of aromatic nitrogens is 2. The van der Waals surface area contributed by atoms with Gasteiger partial charge in [0.1, 0.15) is 12.4 Å². The van der Waals surface area contributed by atoms with Gasteiger partial charge in [0, 0.05) is 19.3 Å². The number of ether oxygens (including phenoxy) is 1. The normalized spacial score (nSPS) is 12.4. The Balaban J connectivity index is 1.98. The molecule has 1 atom stereocenters. The molecule has 4 nitrogen and oxygen atoms in total. The van der Waals surface area contributed by atoms with Crippen molar-refractivity contribution in [1.29, 1.82) is 0 Å². The first-order valence-corrected chi connectivity index (χ1v) is 7.55. The number of nitrogens with one attached hydrogen (secondary N) is 1. The van der Waals surface area contributed by atoms with Crippen molar-refractivity contribution in [3.63, 3.8) is 0 Å². The van der Waals surface area contributed by atoms with Crippen molar-refractivity contribution in [3.05, 3.63) is 47.3 Å². The number of aryl methyl sites for hydroxylation is 2. The molecule has 1 N–H and O–H groups in total. The zero-order valence-electron chi connectivity index (χ0n) is 13.4. The summed E-state index contributed by atoms with van der Waals surface area (Å²) in [5.41, 5.74) is 3.40. The van der Waals surface area contributed by atoms with Gasteiger partial charge in [0.25, 0.3) is 0 Å². The molecule has 2 rings (SSSR count). The first-order valence-electron chi connectivity index (χ1n) is 7.55. The first-order chi connectivity index (χ1) is 10.1. The third kappa shape index (κ3) is 4.33. The third-order valence-electron chi connectivity index (χ3n) is 3.54. The smallest absolute Gasteiger partial charge is 0.132 e. The van der Waals surface area contributed by atoms with Gasteiger partial charge in [0.15, 0.2) is 0 Å². The van der Waals surface area contributed by atoms with E-state index in [0.717, 1.165) is 30.0 Å². The molecule has 0 saturated carbocycles. The van der Waals surface area contributed by atoms with Crippen LogP contribution in [0.25, 0.3) is 0 Å². The standard InChI is InChI=1S/C17H25N3O/c1-5-9-18-14(3)15-6-7-17(13(2)11-15)21-12-16-8-10-20(4)19-16/h6-8,10-11,14,18H,5,9,12H2,1-4H3. The van der Waals surface area contributed by atoms with Gasteiger partial charge in [0.05, 0.1) is 5.69 Å². The second-order valence-corrected chi connectivity index (χ2v) is 5.47. The molecule has 0 spiro atoms. The monoisotopic (exact) mass is 287 g/mol. The van der Waals surface area contributed by atoms with Crippen LogP contribution in [-0.4, -0.2) is 16.3 Å². The Bertz CT molecular complexity index is 577. The fraction of sp³-hybridized carbons (Fsp3) is 0.471. The quantitative estimate of drug-likeness (QED) is 0.848. The summed E-state index contributed by atoms with van der Waals surface area (Å²) >= 11 is 0. The van der Waals surface area contributed by atoms with Crippen LogP contribution in [0.1, 0.15) is 43.1 Å². The summed E-state index contributed by atoms with van der Waals surface area (Å²) in [4.78, 5) is 0. The van der Waals surface area contributed by atoms with Gasteiger partial charge in [-0.15, -0.1) is 0 Å². The second-order valence-electron chi connectivity index (χ2n) is 5.47. The summed E-state index contributed by atoms with van der Waals surface area (Å²) in [7, 11) is 1.91. The minimum atomic E-state index is 0.369. The van der Waals surface area contributed by atoms with E-state index < -0.39 is 0 Å². The molecule has 114 valence electrons. The summed E-state index contributed by atoms with van der Waals surface area (Å²) in [6.45, 7) is 8.00. The van der Waals surface area contributed by atoms with Gasteiger partial charge in [-0.2, -0.15) is 5.10 Å². The highest BCUT2D eigenvalue weighted by Crippen LogP contribution is 2.23. The lowest BCUT2D eigenvalue weighted by molar-refractivity contribution is 0.298. The summed E-state index contributed by atoms with van der Waals surface area (Å²) in [5, 5.41) is 7.82. The van der Waals surface area contributed by atoms with Gasteiger partial charge >= 0.3 is 0 Å². The molecular formula is C17H25N3O. The van der Waals surface area contributed by atoms with E-state index in [1.807, 2.05) is 19.3 Å². The molecule has 0 radical (unpaired) electrons. The van der Waals surface area contributed by atoms with Crippen molar-refractivity contribution >= 4 is 0 Å². The molecule has 1 unspecified atom stereocenters. The van der Waals surface area contributed by atoms with Crippen LogP contribution in [-0.2, 0) is 13.7 Å². The summed E-state index contributed by atoms with van der Waals surface area (Å²) in [5.74, 6) is 0.923. The molecular weight excluding hydrogens is 262 g/mol. The molecule has 0 amide bonds. The van der Waals surface area contributed by atoms with E-state index >= 15 is 0 Å². The van der Waals surface area contributed by atoms with E-state index in [1.54, 1.807) is 4.68 Å². The molecule has 0 fully saturated rings. The molecule has 21 heavy (non-hydrogen) atoms. The molecule has 0 aliphatic rings. The van der Waals surface area contributed by atoms with Crippen LogP contribution >= 0.6 is 0 Å². The Morgan fingerprint density at radius 3 is 2.76 bits per heavy atom. The van der Waals surface area contributed by atoms with Gasteiger partial charge in [-0.05, 0) is 50.1 Å². The maximum Gasteiger partial charge on any atom is 0.132 e. The fourth-order valence-corrected chi connectivity index (χ4v) is 2.27. The number of rotatable bonds is 7. The van der Waals surface area contributed by atoms with E-state index in [9.17, 15) is 0 Å². The van der Waals surface area contributed by atoms with Crippen LogP contribution in [0.3, 0.4) is 0 Å². The molecule has 1 heterocycles. The van der Waals surface area contributed by atoms with Crippen LogP contribution in [0.4, 0.5) is 0 Å². The molecule has 0 bridgehead atoms. The fourth-order valence-electron chi connectivity index (χ4n) is 2.27. The first kappa shape index (κ1) is 15.6. The molecule has 0 saturated heterocycles. The SMILES string of the molecule is CCCNC(C)c1ccc(OCc2ccn(C)n2)c(C)c1. The highest BCUT2D eigenvalue weighted by atomic mass is 16.5. The largest absolute Gasteiger partial charge is 0.487 e. The lowest BCUT2D eigenvalue weighted by Crippen LogP contribution is -2.19. The maximum absolute atomic E-state index is 5.86. The van der Waals surface area contributed by atoms with Crippen molar-refractivity contribution in [3.8, 4) is 5.75 Å². The van der Waals surface area contributed by atoms with Gasteiger partial charge in [-0.1, -0.05) is 19.1 Å². The predicted octanol–water partition coefficient (Wildman–Crippen LogP) is 3.37. The molecule has 2 aromatic rings. The lowest BCUT2D eigenvalue weighted by Gasteiger charge is -2.16. The zero-order valence-corrected chi connectivity index (χ0v) is 13.4. The lowest BCUT2D eigenvalue weighted by atomic mass is 10.0.